The highest BCUT2D eigenvalue weighted by Crippen LogP contribution is 2.36. The summed E-state index contributed by atoms with van der Waals surface area (Å²) in [5.41, 5.74) is 8.87. The summed E-state index contributed by atoms with van der Waals surface area (Å²) in [5, 5.41) is 10.0. The van der Waals surface area contributed by atoms with E-state index >= 15 is 0 Å². The van der Waals surface area contributed by atoms with Crippen molar-refractivity contribution in [3.63, 3.8) is 0 Å². The molecule has 4 rings (SSSR count). The molecule has 122 valence electrons. The molecule has 7 nitrogen and oxygen atoms in total. The largest absolute Gasteiger partial charge is 0.465 e. The van der Waals surface area contributed by atoms with Crippen molar-refractivity contribution >= 4 is 22.9 Å². The topological polar surface area (TPSA) is 97.3 Å². The molecular formula is C17H17N5O2. The minimum absolute atomic E-state index is 0.0513. The molecule has 1 unspecified atom stereocenters. The van der Waals surface area contributed by atoms with Crippen LogP contribution < -0.4 is 5.73 Å². The molecule has 24 heavy (non-hydrogen) atoms. The first-order chi connectivity index (χ1) is 11.6. The maximum absolute atomic E-state index is 11.2. The van der Waals surface area contributed by atoms with Crippen molar-refractivity contribution in [3.05, 3.63) is 42.9 Å². The summed E-state index contributed by atoms with van der Waals surface area (Å²) in [6.07, 6.45) is 3.34. The van der Waals surface area contributed by atoms with Crippen LogP contribution in [-0.2, 0) is 0 Å². The quantitative estimate of drug-likeness (QED) is 0.755. The van der Waals surface area contributed by atoms with Crippen LogP contribution in [0.2, 0.25) is 0 Å². The van der Waals surface area contributed by atoms with Gasteiger partial charge in [-0.25, -0.2) is 14.8 Å². The number of nitrogens with two attached hydrogens (primary N) is 1. The summed E-state index contributed by atoms with van der Waals surface area (Å²) < 4.78 is 2.04. The zero-order valence-electron chi connectivity index (χ0n) is 13.0. The zero-order chi connectivity index (χ0) is 16.7. The average molecular weight is 323 g/mol. The number of likely N-dealkylation sites (tertiary alicyclic amines) is 1. The molecule has 0 bridgehead atoms. The monoisotopic (exact) mass is 323 g/mol. The number of nitrogens with zero attached hydrogens (tertiary/aromatic N) is 4. The van der Waals surface area contributed by atoms with Crippen molar-refractivity contribution in [1.29, 1.82) is 0 Å². The van der Waals surface area contributed by atoms with Gasteiger partial charge in [0.2, 0.25) is 0 Å². The van der Waals surface area contributed by atoms with Crippen molar-refractivity contribution in [3.8, 4) is 11.1 Å². The molecule has 0 radical (unpaired) electrons. The van der Waals surface area contributed by atoms with Crippen molar-refractivity contribution in [2.45, 2.75) is 12.5 Å². The SMILES string of the molecule is Nc1ncnc2c1c(-c1ccccc1)cn2C1CCN(C(=O)O)C1. The Morgan fingerprint density at radius 2 is 2.04 bits per heavy atom. The number of benzene rings is 1. The number of hydrogen-bond acceptors (Lipinski definition) is 4. The zero-order valence-corrected chi connectivity index (χ0v) is 13.0. The van der Waals surface area contributed by atoms with E-state index in [2.05, 4.69) is 9.97 Å². The number of anilines is 1. The van der Waals surface area contributed by atoms with Gasteiger partial charge in [-0.05, 0) is 12.0 Å². The number of rotatable bonds is 2. The summed E-state index contributed by atoms with van der Waals surface area (Å²) in [4.78, 5) is 21.2. The molecule has 3 heterocycles. The number of fused-ring (bicyclic) bond motifs is 1. The summed E-state index contributed by atoms with van der Waals surface area (Å²) >= 11 is 0. The van der Waals surface area contributed by atoms with E-state index in [9.17, 15) is 9.90 Å². The van der Waals surface area contributed by atoms with Gasteiger partial charge >= 0.3 is 6.09 Å². The summed E-state index contributed by atoms with van der Waals surface area (Å²) in [7, 11) is 0. The van der Waals surface area contributed by atoms with E-state index in [1.165, 1.54) is 11.2 Å². The van der Waals surface area contributed by atoms with Crippen molar-refractivity contribution in [1.82, 2.24) is 19.4 Å². The Bertz CT molecular complexity index is 906. The number of hydrogen-bond donors (Lipinski definition) is 2. The van der Waals surface area contributed by atoms with Gasteiger partial charge in [-0.3, -0.25) is 0 Å². The predicted octanol–water partition coefficient (Wildman–Crippen LogP) is 2.61. The smallest absolute Gasteiger partial charge is 0.407 e. The molecule has 1 aliphatic heterocycles. The highest BCUT2D eigenvalue weighted by atomic mass is 16.4. The van der Waals surface area contributed by atoms with Gasteiger partial charge in [-0.15, -0.1) is 0 Å². The average Bonchev–Trinajstić information content (AvgIpc) is 3.21. The van der Waals surface area contributed by atoms with Gasteiger partial charge in [0.15, 0.2) is 0 Å². The summed E-state index contributed by atoms with van der Waals surface area (Å²) in [6, 6.07) is 9.99. The second-order valence-electron chi connectivity index (χ2n) is 5.94. The molecular weight excluding hydrogens is 306 g/mol. The lowest BCUT2D eigenvalue weighted by molar-refractivity contribution is 0.154. The second-order valence-corrected chi connectivity index (χ2v) is 5.94. The Balaban J connectivity index is 1.86. The third-order valence-electron chi connectivity index (χ3n) is 4.55. The van der Waals surface area contributed by atoms with E-state index in [4.69, 9.17) is 5.73 Å². The fraction of sp³-hybridized carbons (Fsp3) is 0.235. The van der Waals surface area contributed by atoms with Crippen LogP contribution in [0.15, 0.2) is 42.9 Å². The van der Waals surface area contributed by atoms with Crippen LogP contribution in [0.1, 0.15) is 12.5 Å². The number of carbonyl (C=O) groups is 1. The second kappa shape index (κ2) is 5.52. The first-order valence-electron chi connectivity index (χ1n) is 7.79. The highest BCUT2D eigenvalue weighted by Gasteiger charge is 2.29. The number of carboxylic acid groups (broad SMARTS) is 1. The normalized spacial score (nSPS) is 17.5. The summed E-state index contributed by atoms with van der Waals surface area (Å²) in [6.45, 7) is 0.984. The lowest BCUT2D eigenvalue weighted by atomic mass is 10.1. The van der Waals surface area contributed by atoms with Crippen molar-refractivity contribution in [2.75, 3.05) is 18.8 Å². The first kappa shape index (κ1) is 14.5. The first-order valence-corrected chi connectivity index (χ1v) is 7.79. The Kier molecular flexibility index (Phi) is 3.34. The minimum Gasteiger partial charge on any atom is -0.465 e. The van der Waals surface area contributed by atoms with E-state index in [0.29, 0.717) is 18.9 Å². The molecule has 0 spiro atoms. The summed E-state index contributed by atoms with van der Waals surface area (Å²) in [5.74, 6) is 0.436. The maximum Gasteiger partial charge on any atom is 0.407 e. The molecule has 1 atom stereocenters. The lowest BCUT2D eigenvalue weighted by Crippen LogP contribution is -2.27. The number of nitrogen functional groups attached to an aromatic ring is 1. The van der Waals surface area contributed by atoms with E-state index in [-0.39, 0.29) is 6.04 Å². The standard InChI is InChI=1S/C17H17N5O2/c18-15-14-13(11-4-2-1-3-5-11)9-22(16(14)20-10-19-15)12-6-7-21(8-12)17(23)24/h1-5,9-10,12H,6-8H2,(H,23,24)(H2,18,19,20). The van der Waals surface area contributed by atoms with Crippen LogP contribution in [0.3, 0.4) is 0 Å². The van der Waals surface area contributed by atoms with Gasteiger partial charge in [-0.1, -0.05) is 30.3 Å². The minimum atomic E-state index is -0.883. The molecule has 1 saturated heterocycles. The molecule has 3 aromatic rings. The van der Waals surface area contributed by atoms with Gasteiger partial charge in [0, 0.05) is 24.8 Å². The van der Waals surface area contributed by atoms with Crippen LogP contribution in [0.25, 0.3) is 22.2 Å². The van der Waals surface area contributed by atoms with E-state index < -0.39 is 6.09 Å². The van der Waals surface area contributed by atoms with Crippen LogP contribution in [0, 0.1) is 0 Å². The van der Waals surface area contributed by atoms with Crippen LogP contribution >= 0.6 is 0 Å². The molecule has 2 aromatic heterocycles. The maximum atomic E-state index is 11.2. The highest BCUT2D eigenvalue weighted by molar-refractivity contribution is 6.00. The van der Waals surface area contributed by atoms with Gasteiger partial charge < -0.3 is 20.3 Å². The van der Waals surface area contributed by atoms with Crippen molar-refractivity contribution in [2.24, 2.45) is 0 Å². The molecule has 1 aromatic carbocycles. The van der Waals surface area contributed by atoms with Crippen LogP contribution in [-0.4, -0.2) is 43.7 Å². The molecule has 1 fully saturated rings. The van der Waals surface area contributed by atoms with Gasteiger partial charge in [0.1, 0.15) is 17.8 Å². The Labute approximate surface area is 138 Å². The number of aromatic nitrogens is 3. The third-order valence-corrected chi connectivity index (χ3v) is 4.55. The van der Waals surface area contributed by atoms with Crippen LogP contribution in [0.4, 0.5) is 10.6 Å². The molecule has 3 N–H and O–H groups in total. The fourth-order valence-electron chi connectivity index (χ4n) is 3.37. The third kappa shape index (κ3) is 2.25. The van der Waals surface area contributed by atoms with E-state index in [1.54, 1.807) is 0 Å². The molecule has 1 aliphatic rings. The van der Waals surface area contributed by atoms with Crippen LogP contribution in [0.5, 0.6) is 0 Å². The van der Waals surface area contributed by atoms with E-state index in [0.717, 1.165) is 28.6 Å². The lowest BCUT2D eigenvalue weighted by Gasteiger charge is -2.14. The van der Waals surface area contributed by atoms with Gasteiger partial charge in [-0.2, -0.15) is 0 Å². The molecule has 0 aliphatic carbocycles. The van der Waals surface area contributed by atoms with E-state index in [1.807, 2.05) is 41.1 Å². The van der Waals surface area contributed by atoms with Gasteiger partial charge in [0.05, 0.1) is 11.4 Å². The predicted molar refractivity (Wildman–Crippen MR) is 90.6 cm³/mol. The fourth-order valence-corrected chi connectivity index (χ4v) is 3.37. The molecule has 0 saturated carbocycles. The Morgan fingerprint density at radius 3 is 2.75 bits per heavy atom. The Hall–Kier alpha value is -3.09. The molecule has 7 heteroatoms. The van der Waals surface area contributed by atoms with Gasteiger partial charge in [0.25, 0.3) is 0 Å². The Morgan fingerprint density at radius 1 is 1.25 bits per heavy atom. The molecule has 1 amide bonds. The van der Waals surface area contributed by atoms with Crippen molar-refractivity contribution < 1.29 is 9.90 Å². The number of amides is 1.